The Morgan fingerprint density at radius 1 is 1.06 bits per heavy atom. The summed E-state index contributed by atoms with van der Waals surface area (Å²) in [6.45, 7) is 4.32. The molecule has 1 aromatic carbocycles. The number of pyridine rings is 1. The van der Waals surface area contributed by atoms with E-state index in [0.29, 0.717) is 42.6 Å². The van der Waals surface area contributed by atoms with Crippen LogP contribution in [-0.2, 0) is 4.79 Å². The summed E-state index contributed by atoms with van der Waals surface area (Å²) < 4.78 is 5.36. The first-order valence-electron chi connectivity index (χ1n) is 9.62. The van der Waals surface area contributed by atoms with E-state index in [1.165, 1.54) is 0 Å². The number of hydrogen-bond acceptors (Lipinski definition) is 8. The van der Waals surface area contributed by atoms with Gasteiger partial charge >= 0.3 is 17.8 Å². The zero-order chi connectivity index (χ0) is 21.8. The zero-order valence-corrected chi connectivity index (χ0v) is 17.5. The van der Waals surface area contributed by atoms with Gasteiger partial charge in [-0.2, -0.15) is 0 Å². The highest BCUT2D eigenvalue weighted by molar-refractivity contribution is 6.33. The standard InChI is InChI=1S/C20H20ClN7O3/c1-13(29)27-8-10-28(11-9-27)17-7-6-14(12-22-17)23-18(30)19-25-26-20(31-19)24-16-5-3-2-4-15(16)21/h2-7,12H,8-11H2,1H3,(H,23,30)(H,24,26). The van der Waals surface area contributed by atoms with Crippen molar-refractivity contribution in [3.8, 4) is 0 Å². The molecule has 0 unspecified atom stereocenters. The van der Waals surface area contributed by atoms with Gasteiger partial charge in [-0.15, -0.1) is 5.10 Å². The quantitative estimate of drug-likeness (QED) is 0.620. The van der Waals surface area contributed by atoms with Crippen molar-refractivity contribution >= 4 is 46.6 Å². The molecule has 4 rings (SSSR count). The fourth-order valence-corrected chi connectivity index (χ4v) is 3.31. The van der Waals surface area contributed by atoms with Crippen LogP contribution >= 0.6 is 11.6 Å². The summed E-state index contributed by atoms with van der Waals surface area (Å²) >= 11 is 6.08. The molecule has 1 aliphatic rings. The molecule has 2 amide bonds. The average molecular weight is 442 g/mol. The molecule has 1 aliphatic heterocycles. The molecule has 10 nitrogen and oxygen atoms in total. The summed E-state index contributed by atoms with van der Waals surface area (Å²) in [4.78, 5) is 32.1. The van der Waals surface area contributed by atoms with Gasteiger partial charge in [0.25, 0.3) is 0 Å². The summed E-state index contributed by atoms with van der Waals surface area (Å²) in [6, 6.07) is 10.7. The van der Waals surface area contributed by atoms with E-state index in [1.54, 1.807) is 43.5 Å². The van der Waals surface area contributed by atoms with Crippen LogP contribution in [0.4, 0.5) is 23.2 Å². The Bertz CT molecular complexity index is 1080. The topological polar surface area (TPSA) is 116 Å². The highest BCUT2D eigenvalue weighted by atomic mass is 35.5. The third-order valence-corrected chi connectivity index (χ3v) is 5.12. The van der Waals surface area contributed by atoms with Crippen molar-refractivity contribution in [2.45, 2.75) is 6.92 Å². The highest BCUT2D eigenvalue weighted by Gasteiger charge is 2.20. The van der Waals surface area contributed by atoms with Crippen LogP contribution in [0.1, 0.15) is 17.6 Å². The molecule has 1 fully saturated rings. The summed E-state index contributed by atoms with van der Waals surface area (Å²) in [5, 5.41) is 13.6. The Hall–Kier alpha value is -3.66. The third-order valence-electron chi connectivity index (χ3n) is 4.79. The maximum absolute atomic E-state index is 12.4. The zero-order valence-electron chi connectivity index (χ0n) is 16.7. The molecular weight excluding hydrogens is 422 g/mol. The average Bonchev–Trinajstić information content (AvgIpc) is 3.25. The number of aromatic nitrogens is 3. The van der Waals surface area contributed by atoms with E-state index in [0.717, 1.165) is 5.82 Å². The fraction of sp³-hybridized carbons (Fsp3) is 0.250. The SMILES string of the molecule is CC(=O)N1CCN(c2ccc(NC(=O)c3nnc(Nc4ccccc4Cl)o3)cn2)CC1. The molecule has 0 bridgehead atoms. The molecule has 160 valence electrons. The molecule has 0 saturated carbocycles. The Labute approximate surface area is 183 Å². The number of benzene rings is 1. The second-order valence-electron chi connectivity index (χ2n) is 6.87. The number of nitrogens with zero attached hydrogens (tertiary/aromatic N) is 5. The summed E-state index contributed by atoms with van der Waals surface area (Å²) in [7, 11) is 0. The maximum atomic E-state index is 12.4. The molecule has 2 N–H and O–H groups in total. The van der Waals surface area contributed by atoms with Crippen molar-refractivity contribution in [3.63, 3.8) is 0 Å². The molecule has 3 aromatic rings. The molecule has 0 spiro atoms. The van der Waals surface area contributed by atoms with Gasteiger partial charge in [-0.25, -0.2) is 4.98 Å². The number of para-hydroxylation sites is 1. The second-order valence-corrected chi connectivity index (χ2v) is 7.28. The first-order chi connectivity index (χ1) is 15.0. The van der Waals surface area contributed by atoms with Gasteiger partial charge in [-0.3, -0.25) is 9.59 Å². The van der Waals surface area contributed by atoms with E-state index in [1.807, 2.05) is 11.0 Å². The number of piperazine rings is 1. The lowest BCUT2D eigenvalue weighted by Crippen LogP contribution is -2.48. The third kappa shape index (κ3) is 4.92. The minimum atomic E-state index is -0.552. The minimum Gasteiger partial charge on any atom is -0.399 e. The Kier molecular flexibility index (Phi) is 5.99. The summed E-state index contributed by atoms with van der Waals surface area (Å²) in [6.07, 6.45) is 1.56. The van der Waals surface area contributed by atoms with Crippen molar-refractivity contribution in [2.24, 2.45) is 0 Å². The van der Waals surface area contributed by atoms with E-state index in [4.69, 9.17) is 16.0 Å². The smallest absolute Gasteiger partial charge is 0.320 e. The number of carbonyl (C=O) groups excluding carboxylic acids is 2. The summed E-state index contributed by atoms with van der Waals surface area (Å²) in [5.74, 6) is 0.116. The molecule has 0 atom stereocenters. The number of amides is 2. The number of rotatable bonds is 5. The molecule has 0 radical (unpaired) electrons. The number of halogens is 1. The lowest BCUT2D eigenvalue weighted by molar-refractivity contribution is -0.129. The van der Waals surface area contributed by atoms with Crippen LogP contribution in [-0.4, -0.2) is 58.1 Å². The van der Waals surface area contributed by atoms with Gasteiger partial charge in [-0.1, -0.05) is 28.8 Å². The van der Waals surface area contributed by atoms with Gasteiger partial charge in [0.1, 0.15) is 5.82 Å². The van der Waals surface area contributed by atoms with Crippen molar-refractivity contribution in [1.82, 2.24) is 20.1 Å². The van der Waals surface area contributed by atoms with Crippen LogP contribution in [0.5, 0.6) is 0 Å². The molecule has 3 heterocycles. The van der Waals surface area contributed by atoms with Crippen molar-refractivity contribution in [3.05, 3.63) is 53.5 Å². The molecular formula is C20H20ClN7O3. The van der Waals surface area contributed by atoms with E-state index >= 15 is 0 Å². The number of hydrogen-bond donors (Lipinski definition) is 2. The van der Waals surface area contributed by atoms with Gasteiger partial charge < -0.3 is 24.9 Å². The van der Waals surface area contributed by atoms with Crippen molar-refractivity contribution in [2.75, 3.05) is 41.7 Å². The van der Waals surface area contributed by atoms with Gasteiger partial charge in [0.05, 0.1) is 22.6 Å². The number of carbonyl (C=O) groups is 2. The van der Waals surface area contributed by atoms with E-state index in [-0.39, 0.29) is 17.8 Å². The molecule has 1 saturated heterocycles. The van der Waals surface area contributed by atoms with Crippen molar-refractivity contribution in [1.29, 1.82) is 0 Å². The summed E-state index contributed by atoms with van der Waals surface area (Å²) in [5.41, 5.74) is 1.08. The van der Waals surface area contributed by atoms with Crippen molar-refractivity contribution < 1.29 is 14.0 Å². The van der Waals surface area contributed by atoms with Gasteiger partial charge in [-0.05, 0) is 24.3 Å². The predicted molar refractivity (Wildman–Crippen MR) is 116 cm³/mol. The second kappa shape index (κ2) is 9.00. The van der Waals surface area contributed by atoms with E-state index in [9.17, 15) is 9.59 Å². The van der Waals surface area contributed by atoms with Gasteiger partial charge in [0, 0.05) is 33.1 Å². The van der Waals surface area contributed by atoms with Gasteiger partial charge in [0.15, 0.2) is 0 Å². The van der Waals surface area contributed by atoms with Gasteiger partial charge in [0.2, 0.25) is 5.91 Å². The predicted octanol–water partition coefficient (Wildman–Crippen LogP) is 2.78. The maximum Gasteiger partial charge on any atom is 0.320 e. The van der Waals surface area contributed by atoms with Crippen LogP contribution in [0.3, 0.4) is 0 Å². The minimum absolute atomic E-state index is 0.0522. The fourth-order valence-electron chi connectivity index (χ4n) is 3.13. The highest BCUT2D eigenvalue weighted by Crippen LogP contribution is 2.24. The Morgan fingerprint density at radius 3 is 2.52 bits per heavy atom. The number of anilines is 4. The van der Waals surface area contributed by atoms with E-state index in [2.05, 4.69) is 30.7 Å². The largest absolute Gasteiger partial charge is 0.399 e. The monoisotopic (exact) mass is 441 g/mol. The van der Waals surface area contributed by atoms with Crippen LogP contribution in [0, 0.1) is 0 Å². The number of nitrogens with one attached hydrogen (secondary N) is 2. The molecule has 11 heteroatoms. The van der Waals surface area contributed by atoms with Crippen LogP contribution in [0.2, 0.25) is 5.02 Å². The normalized spacial score (nSPS) is 13.7. The lowest BCUT2D eigenvalue weighted by atomic mass is 10.3. The van der Waals surface area contributed by atoms with E-state index < -0.39 is 5.91 Å². The molecule has 2 aromatic heterocycles. The Morgan fingerprint density at radius 2 is 1.84 bits per heavy atom. The lowest BCUT2D eigenvalue weighted by Gasteiger charge is -2.34. The first kappa shape index (κ1) is 20.6. The van der Waals surface area contributed by atoms with Crippen LogP contribution in [0.15, 0.2) is 47.0 Å². The Balaban J connectivity index is 1.34. The first-order valence-corrected chi connectivity index (χ1v) is 10.0. The molecule has 0 aliphatic carbocycles. The van der Waals surface area contributed by atoms with Crippen LogP contribution < -0.4 is 15.5 Å². The van der Waals surface area contributed by atoms with Crippen LogP contribution in [0.25, 0.3) is 0 Å². The molecule has 31 heavy (non-hydrogen) atoms.